The molecule has 1 aliphatic heterocycles. The number of carbonyl (C=O) groups is 1. The van der Waals surface area contributed by atoms with Crippen molar-refractivity contribution in [3.8, 4) is 11.1 Å². The summed E-state index contributed by atoms with van der Waals surface area (Å²) in [4.78, 5) is 13.9. The highest BCUT2D eigenvalue weighted by Crippen LogP contribution is 2.32. The molecule has 0 aliphatic carbocycles. The summed E-state index contributed by atoms with van der Waals surface area (Å²) in [6.07, 6.45) is -0.965. The number of hydrogen-bond acceptors (Lipinski definition) is 2. The van der Waals surface area contributed by atoms with Gasteiger partial charge in [0, 0.05) is 13.1 Å². The van der Waals surface area contributed by atoms with Crippen molar-refractivity contribution in [2.75, 3.05) is 0 Å². The number of amides is 1. The highest BCUT2D eigenvalue weighted by molar-refractivity contribution is 5.82. The van der Waals surface area contributed by atoms with Crippen LogP contribution in [0.1, 0.15) is 18.1 Å². The normalized spacial score (nSPS) is 15.0. The molecule has 0 bridgehead atoms. The molecule has 3 nitrogen and oxygen atoms in total. The van der Waals surface area contributed by atoms with Gasteiger partial charge in [0.05, 0.1) is 0 Å². The fraction of sp³-hybridized carbons (Fsp3) is 0.235. The average molecular weight is 267 g/mol. The molecule has 0 aromatic heterocycles. The second-order valence-electron chi connectivity index (χ2n) is 5.18. The Morgan fingerprint density at radius 3 is 1.90 bits per heavy atom. The monoisotopic (exact) mass is 267 g/mol. The summed E-state index contributed by atoms with van der Waals surface area (Å²) in [6, 6.07) is 16.3. The standard InChI is InChI=1S/C17H17NO2/c1-12(19)17(20)18-10-13-6-2-4-8-15(13)16-9-5-3-7-14(16)11-18/h2-9,12,19H,10-11H2,1H3/t12-/m0/s1. The van der Waals surface area contributed by atoms with Gasteiger partial charge in [-0.3, -0.25) is 4.79 Å². The van der Waals surface area contributed by atoms with E-state index in [0.717, 1.165) is 11.1 Å². The maximum Gasteiger partial charge on any atom is 0.251 e. The third-order valence-electron chi connectivity index (χ3n) is 3.72. The lowest BCUT2D eigenvalue weighted by Crippen LogP contribution is -2.36. The molecule has 0 unspecified atom stereocenters. The highest BCUT2D eigenvalue weighted by Gasteiger charge is 2.24. The summed E-state index contributed by atoms with van der Waals surface area (Å²) >= 11 is 0. The summed E-state index contributed by atoms with van der Waals surface area (Å²) in [5, 5.41) is 9.57. The summed E-state index contributed by atoms with van der Waals surface area (Å²) in [5.41, 5.74) is 4.57. The highest BCUT2D eigenvalue weighted by atomic mass is 16.3. The second-order valence-corrected chi connectivity index (χ2v) is 5.18. The van der Waals surface area contributed by atoms with Crippen molar-refractivity contribution in [3.63, 3.8) is 0 Å². The number of benzene rings is 2. The molecule has 1 N–H and O–H groups in total. The molecular formula is C17H17NO2. The summed E-state index contributed by atoms with van der Waals surface area (Å²) < 4.78 is 0. The number of nitrogens with zero attached hydrogens (tertiary/aromatic N) is 1. The fourth-order valence-electron chi connectivity index (χ4n) is 2.73. The van der Waals surface area contributed by atoms with Crippen LogP contribution in [-0.2, 0) is 17.9 Å². The van der Waals surface area contributed by atoms with E-state index in [1.54, 1.807) is 4.90 Å². The van der Waals surface area contributed by atoms with E-state index in [2.05, 4.69) is 12.1 Å². The molecule has 0 saturated carbocycles. The summed E-state index contributed by atoms with van der Waals surface area (Å²) in [6.45, 7) is 2.59. The Balaban J connectivity index is 2.12. The third-order valence-corrected chi connectivity index (χ3v) is 3.72. The Hall–Kier alpha value is -2.13. The molecule has 0 fully saturated rings. The Bertz CT molecular complexity index is 601. The molecule has 3 rings (SSSR count). The van der Waals surface area contributed by atoms with E-state index in [-0.39, 0.29) is 5.91 Å². The fourth-order valence-corrected chi connectivity index (χ4v) is 2.73. The Labute approximate surface area is 118 Å². The van der Waals surface area contributed by atoms with E-state index in [0.29, 0.717) is 13.1 Å². The van der Waals surface area contributed by atoms with E-state index in [1.165, 1.54) is 18.1 Å². The van der Waals surface area contributed by atoms with Crippen LogP contribution in [0.15, 0.2) is 48.5 Å². The van der Waals surface area contributed by atoms with E-state index < -0.39 is 6.10 Å². The van der Waals surface area contributed by atoms with Gasteiger partial charge in [-0.1, -0.05) is 48.5 Å². The minimum Gasteiger partial charge on any atom is -0.384 e. The van der Waals surface area contributed by atoms with Crippen LogP contribution >= 0.6 is 0 Å². The van der Waals surface area contributed by atoms with Gasteiger partial charge in [-0.25, -0.2) is 0 Å². The van der Waals surface area contributed by atoms with Gasteiger partial charge in [-0.15, -0.1) is 0 Å². The van der Waals surface area contributed by atoms with Gasteiger partial charge in [-0.2, -0.15) is 0 Å². The number of fused-ring (bicyclic) bond motifs is 3. The number of rotatable bonds is 1. The SMILES string of the molecule is C[C@H](O)C(=O)N1Cc2ccccc2-c2ccccc2C1. The van der Waals surface area contributed by atoms with Crippen LogP contribution in [0.4, 0.5) is 0 Å². The average Bonchev–Trinajstić information content (AvgIpc) is 2.63. The zero-order chi connectivity index (χ0) is 14.1. The van der Waals surface area contributed by atoms with Crippen LogP contribution in [0, 0.1) is 0 Å². The molecular weight excluding hydrogens is 250 g/mol. The summed E-state index contributed by atoms with van der Waals surface area (Å²) in [7, 11) is 0. The smallest absolute Gasteiger partial charge is 0.251 e. The zero-order valence-corrected chi connectivity index (χ0v) is 11.4. The number of hydrogen-bond donors (Lipinski definition) is 1. The van der Waals surface area contributed by atoms with Crippen LogP contribution in [0.25, 0.3) is 11.1 Å². The molecule has 1 heterocycles. The topological polar surface area (TPSA) is 40.5 Å². The minimum atomic E-state index is -0.965. The van der Waals surface area contributed by atoms with Crippen molar-refractivity contribution in [2.45, 2.75) is 26.1 Å². The lowest BCUT2D eigenvalue weighted by molar-refractivity contribution is -0.140. The van der Waals surface area contributed by atoms with Gasteiger partial charge < -0.3 is 10.0 Å². The van der Waals surface area contributed by atoms with E-state index >= 15 is 0 Å². The van der Waals surface area contributed by atoms with Gasteiger partial charge in [0.15, 0.2) is 0 Å². The third kappa shape index (κ3) is 2.21. The van der Waals surface area contributed by atoms with Gasteiger partial charge >= 0.3 is 0 Å². The van der Waals surface area contributed by atoms with E-state index in [9.17, 15) is 9.90 Å². The summed E-state index contributed by atoms with van der Waals surface area (Å²) in [5.74, 6) is -0.225. The predicted molar refractivity (Wildman–Crippen MR) is 77.8 cm³/mol. The molecule has 2 aromatic rings. The van der Waals surface area contributed by atoms with Crippen molar-refractivity contribution in [3.05, 3.63) is 59.7 Å². The van der Waals surface area contributed by atoms with Crippen LogP contribution in [-0.4, -0.2) is 22.0 Å². The van der Waals surface area contributed by atoms with Crippen molar-refractivity contribution in [2.24, 2.45) is 0 Å². The Morgan fingerprint density at radius 1 is 1.00 bits per heavy atom. The van der Waals surface area contributed by atoms with Crippen molar-refractivity contribution in [1.29, 1.82) is 0 Å². The minimum absolute atomic E-state index is 0.225. The largest absolute Gasteiger partial charge is 0.384 e. The molecule has 0 radical (unpaired) electrons. The molecule has 2 aromatic carbocycles. The van der Waals surface area contributed by atoms with Crippen LogP contribution in [0.5, 0.6) is 0 Å². The van der Waals surface area contributed by atoms with E-state index in [1.807, 2.05) is 36.4 Å². The quantitative estimate of drug-likeness (QED) is 0.862. The zero-order valence-electron chi connectivity index (χ0n) is 11.4. The lowest BCUT2D eigenvalue weighted by atomic mass is 9.97. The van der Waals surface area contributed by atoms with Crippen LogP contribution < -0.4 is 0 Å². The van der Waals surface area contributed by atoms with Crippen LogP contribution in [0.3, 0.4) is 0 Å². The van der Waals surface area contributed by atoms with Gasteiger partial charge in [0.1, 0.15) is 6.10 Å². The molecule has 3 heteroatoms. The maximum absolute atomic E-state index is 12.1. The molecule has 0 spiro atoms. The number of carbonyl (C=O) groups excluding carboxylic acids is 1. The molecule has 1 atom stereocenters. The Morgan fingerprint density at radius 2 is 1.45 bits per heavy atom. The molecule has 102 valence electrons. The van der Waals surface area contributed by atoms with Gasteiger partial charge in [-0.05, 0) is 29.2 Å². The maximum atomic E-state index is 12.1. The molecule has 1 amide bonds. The van der Waals surface area contributed by atoms with Crippen molar-refractivity contribution >= 4 is 5.91 Å². The first-order valence-corrected chi connectivity index (χ1v) is 6.80. The van der Waals surface area contributed by atoms with Gasteiger partial charge in [0.2, 0.25) is 0 Å². The predicted octanol–water partition coefficient (Wildman–Crippen LogP) is 2.58. The van der Waals surface area contributed by atoms with Crippen LogP contribution in [0.2, 0.25) is 0 Å². The van der Waals surface area contributed by atoms with E-state index in [4.69, 9.17) is 0 Å². The molecule has 20 heavy (non-hydrogen) atoms. The number of aliphatic hydroxyl groups is 1. The van der Waals surface area contributed by atoms with Gasteiger partial charge in [0.25, 0.3) is 5.91 Å². The number of aliphatic hydroxyl groups excluding tert-OH is 1. The second kappa shape index (κ2) is 5.10. The van der Waals surface area contributed by atoms with Crippen molar-refractivity contribution < 1.29 is 9.90 Å². The lowest BCUT2D eigenvalue weighted by Gasteiger charge is -2.22. The first-order chi connectivity index (χ1) is 9.66. The molecule has 0 saturated heterocycles. The van der Waals surface area contributed by atoms with Crippen molar-refractivity contribution in [1.82, 2.24) is 4.90 Å². The first kappa shape index (κ1) is 12.9. The first-order valence-electron chi connectivity index (χ1n) is 6.80. The Kier molecular flexibility index (Phi) is 3.28. The molecule has 1 aliphatic rings.